The second-order valence-electron chi connectivity index (χ2n) is 10.3. The molecule has 7 rings (SSSR count). The van der Waals surface area contributed by atoms with E-state index in [1.807, 2.05) is 36.4 Å². The van der Waals surface area contributed by atoms with Gasteiger partial charge in [0.15, 0.2) is 17.3 Å². The van der Waals surface area contributed by atoms with E-state index in [4.69, 9.17) is 21.4 Å². The van der Waals surface area contributed by atoms with Crippen molar-refractivity contribution in [3.63, 3.8) is 0 Å². The van der Waals surface area contributed by atoms with E-state index in [1.165, 1.54) is 0 Å². The van der Waals surface area contributed by atoms with Crippen LogP contribution in [0.25, 0.3) is 0 Å². The van der Waals surface area contributed by atoms with Gasteiger partial charge in [-0.3, -0.25) is 19.4 Å². The number of benzene rings is 4. The van der Waals surface area contributed by atoms with Gasteiger partial charge in [0, 0.05) is 27.6 Å². The Morgan fingerprint density at radius 2 is 1.48 bits per heavy atom. The molecule has 1 unspecified atom stereocenters. The number of methoxy groups -OCH3 is 1. The summed E-state index contributed by atoms with van der Waals surface area (Å²) < 4.78 is 5.39. The van der Waals surface area contributed by atoms with Crippen LogP contribution in [-0.2, 0) is 0 Å². The summed E-state index contributed by atoms with van der Waals surface area (Å²) in [5.41, 5.74) is 1.84. The highest BCUT2D eigenvalue weighted by atomic mass is 35.5. The zero-order valence-electron chi connectivity index (χ0n) is 21.5. The minimum absolute atomic E-state index is 0.243. The number of ketones is 3. The SMILES string of the molecule is COc1ccc([C@H]2[C@H](C(=O)c3ccc(Cl)cc3)N3N=Cc4ccccc4C3C23C(=O)c2ccccc2C3=O)cc1. The molecule has 0 saturated carbocycles. The van der Waals surface area contributed by atoms with Crippen LogP contribution in [0.4, 0.5) is 0 Å². The van der Waals surface area contributed by atoms with Gasteiger partial charge in [0.25, 0.3) is 0 Å². The molecule has 3 atom stereocenters. The Hall–Kier alpha value is -4.55. The van der Waals surface area contributed by atoms with Crippen LogP contribution in [0.2, 0.25) is 5.02 Å². The van der Waals surface area contributed by atoms with Crippen LogP contribution in [0.5, 0.6) is 5.75 Å². The summed E-state index contributed by atoms with van der Waals surface area (Å²) in [6.45, 7) is 0. The van der Waals surface area contributed by atoms with Crippen molar-refractivity contribution in [1.29, 1.82) is 0 Å². The predicted octanol–water partition coefficient (Wildman–Crippen LogP) is 6.15. The quantitative estimate of drug-likeness (QED) is 0.226. The third-order valence-electron chi connectivity index (χ3n) is 8.45. The van der Waals surface area contributed by atoms with E-state index in [1.54, 1.807) is 79.0 Å². The zero-order valence-corrected chi connectivity index (χ0v) is 22.2. The first-order chi connectivity index (χ1) is 19.5. The van der Waals surface area contributed by atoms with Gasteiger partial charge in [0.05, 0.1) is 19.4 Å². The molecule has 196 valence electrons. The number of Topliss-reactive ketones (excluding diaryl/α,β-unsaturated/α-hetero) is 3. The van der Waals surface area contributed by atoms with Gasteiger partial charge in [0.1, 0.15) is 17.2 Å². The number of carbonyl (C=O) groups excluding carboxylic acids is 3. The van der Waals surface area contributed by atoms with Crippen molar-refractivity contribution < 1.29 is 19.1 Å². The number of hydrogen-bond donors (Lipinski definition) is 0. The molecule has 0 radical (unpaired) electrons. The summed E-state index contributed by atoms with van der Waals surface area (Å²) in [5.74, 6) is -1.02. The largest absolute Gasteiger partial charge is 0.497 e. The van der Waals surface area contributed by atoms with Gasteiger partial charge in [-0.05, 0) is 53.1 Å². The normalized spacial score (nSPS) is 21.8. The fourth-order valence-electron chi connectivity index (χ4n) is 6.75. The lowest BCUT2D eigenvalue weighted by Gasteiger charge is -2.36. The summed E-state index contributed by atoms with van der Waals surface area (Å²) in [5, 5.41) is 6.97. The molecule has 4 aromatic rings. The van der Waals surface area contributed by atoms with Gasteiger partial charge in [-0.25, -0.2) is 0 Å². The lowest BCUT2D eigenvalue weighted by Crippen LogP contribution is -2.43. The number of rotatable bonds is 4. The first-order valence-corrected chi connectivity index (χ1v) is 13.4. The summed E-state index contributed by atoms with van der Waals surface area (Å²) in [6.07, 6.45) is 1.70. The first kappa shape index (κ1) is 24.5. The zero-order chi connectivity index (χ0) is 27.6. The monoisotopic (exact) mass is 546 g/mol. The molecule has 2 heterocycles. The maximum Gasteiger partial charge on any atom is 0.187 e. The molecule has 6 nitrogen and oxygen atoms in total. The standard InChI is InChI=1S/C33H23ClN2O4/c1-40-23-16-12-19(13-17-23)27-28(29(37)20-10-14-22(34)15-11-20)36-30(24-7-3-2-6-21(24)18-35-36)33(27)31(38)25-8-4-5-9-26(25)32(33)39/h2-18,27-28,30H,1H3/t27-,28+,30?/m0/s1. The van der Waals surface area contributed by atoms with Crippen LogP contribution in [0.1, 0.15) is 59.7 Å². The third-order valence-corrected chi connectivity index (χ3v) is 8.70. The Labute approximate surface area is 235 Å². The lowest BCUT2D eigenvalue weighted by molar-refractivity contribution is 0.0586. The Morgan fingerprint density at radius 1 is 0.850 bits per heavy atom. The molecule has 0 aromatic heterocycles. The number of fused-ring (bicyclic) bond motifs is 5. The molecule has 3 aliphatic rings. The molecule has 0 bridgehead atoms. The van der Waals surface area contributed by atoms with Crippen molar-refractivity contribution in [3.05, 3.63) is 135 Å². The van der Waals surface area contributed by atoms with E-state index in [9.17, 15) is 14.4 Å². The van der Waals surface area contributed by atoms with Crippen molar-refractivity contribution in [1.82, 2.24) is 5.01 Å². The molecule has 1 spiro atoms. The molecule has 1 saturated heterocycles. The van der Waals surface area contributed by atoms with Crippen molar-refractivity contribution in [2.75, 3.05) is 7.11 Å². The molecule has 2 aliphatic heterocycles. The predicted molar refractivity (Wildman–Crippen MR) is 151 cm³/mol. The van der Waals surface area contributed by atoms with E-state index in [0.29, 0.717) is 33.0 Å². The Balaban J connectivity index is 1.54. The molecule has 7 heteroatoms. The first-order valence-electron chi connectivity index (χ1n) is 13.0. The van der Waals surface area contributed by atoms with Gasteiger partial charge in [-0.2, -0.15) is 5.10 Å². The van der Waals surface area contributed by atoms with E-state index in [2.05, 4.69) is 0 Å². The number of hydrogen-bond acceptors (Lipinski definition) is 6. The second-order valence-corrected chi connectivity index (χ2v) is 10.7. The summed E-state index contributed by atoms with van der Waals surface area (Å²) in [6, 6.07) is 26.8. The minimum Gasteiger partial charge on any atom is -0.497 e. The van der Waals surface area contributed by atoms with E-state index >= 15 is 0 Å². The number of nitrogens with zero attached hydrogens (tertiary/aromatic N) is 2. The second kappa shape index (κ2) is 9.00. The molecule has 40 heavy (non-hydrogen) atoms. The molecule has 0 amide bonds. The maximum atomic E-state index is 14.7. The average molecular weight is 547 g/mol. The summed E-state index contributed by atoms with van der Waals surface area (Å²) in [7, 11) is 1.57. The van der Waals surface area contributed by atoms with Gasteiger partial charge < -0.3 is 4.74 Å². The fourth-order valence-corrected chi connectivity index (χ4v) is 6.87. The van der Waals surface area contributed by atoms with Crippen LogP contribution in [0.3, 0.4) is 0 Å². The van der Waals surface area contributed by atoms with E-state index < -0.39 is 23.4 Å². The van der Waals surface area contributed by atoms with Crippen molar-refractivity contribution in [2.45, 2.75) is 18.0 Å². The van der Waals surface area contributed by atoms with Gasteiger partial charge in [-0.15, -0.1) is 0 Å². The topological polar surface area (TPSA) is 76.0 Å². The molecular formula is C33H23ClN2O4. The Kier molecular flexibility index (Phi) is 5.51. The van der Waals surface area contributed by atoms with E-state index in [0.717, 1.165) is 11.1 Å². The summed E-state index contributed by atoms with van der Waals surface area (Å²) in [4.78, 5) is 43.9. The minimum atomic E-state index is -1.61. The lowest BCUT2D eigenvalue weighted by atomic mass is 9.63. The Morgan fingerprint density at radius 3 is 2.12 bits per heavy atom. The van der Waals surface area contributed by atoms with Crippen LogP contribution < -0.4 is 4.74 Å². The number of hydrazone groups is 1. The number of halogens is 1. The highest BCUT2D eigenvalue weighted by molar-refractivity contribution is 6.32. The highest BCUT2D eigenvalue weighted by Gasteiger charge is 2.72. The highest BCUT2D eigenvalue weighted by Crippen LogP contribution is 2.64. The summed E-state index contributed by atoms with van der Waals surface area (Å²) >= 11 is 6.14. The fraction of sp³-hybridized carbons (Fsp3) is 0.152. The van der Waals surface area contributed by atoms with E-state index in [-0.39, 0.29) is 17.3 Å². The van der Waals surface area contributed by atoms with Gasteiger partial charge in [0.2, 0.25) is 0 Å². The van der Waals surface area contributed by atoms with Crippen LogP contribution in [0.15, 0.2) is 102 Å². The van der Waals surface area contributed by atoms with Crippen LogP contribution in [0, 0.1) is 5.41 Å². The van der Waals surface area contributed by atoms with Gasteiger partial charge in [-0.1, -0.05) is 72.3 Å². The number of ether oxygens (including phenoxy) is 1. The van der Waals surface area contributed by atoms with Crippen molar-refractivity contribution in [3.8, 4) is 5.75 Å². The average Bonchev–Trinajstić information content (AvgIpc) is 3.43. The number of carbonyl (C=O) groups is 3. The maximum absolute atomic E-state index is 14.7. The molecular weight excluding hydrogens is 524 g/mol. The molecule has 0 N–H and O–H groups in total. The van der Waals surface area contributed by atoms with Crippen LogP contribution in [-0.4, -0.2) is 41.7 Å². The third kappa shape index (κ3) is 3.23. The molecule has 4 aromatic carbocycles. The smallest absolute Gasteiger partial charge is 0.187 e. The van der Waals surface area contributed by atoms with Gasteiger partial charge >= 0.3 is 0 Å². The van der Waals surface area contributed by atoms with Crippen molar-refractivity contribution in [2.24, 2.45) is 10.5 Å². The molecule has 1 fully saturated rings. The van der Waals surface area contributed by atoms with Crippen molar-refractivity contribution >= 4 is 35.2 Å². The van der Waals surface area contributed by atoms with Crippen LogP contribution >= 0.6 is 11.6 Å². The molecule has 1 aliphatic carbocycles. The Bertz CT molecular complexity index is 1690.